The predicted molar refractivity (Wildman–Crippen MR) is 123 cm³/mol. The van der Waals surface area contributed by atoms with E-state index in [0.29, 0.717) is 29.9 Å². The van der Waals surface area contributed by atoms with Gasteiger partial charge in [0.15, 0.2) is 5.82 Å². The minimum atomic E-state index is -4.37. The van der Waals surface area contributed by atoms with E-state index < -0.39 is 16.1 Å². The Bertz CT molecular complexity index is 1360. The molecule has 0 saturated heterocycles. The van der Waals surface area contributed by atoms with E-state index in [1.54, 1.807) is 26.2 Å². The second-order valence-electron chi connectivity index (χ2n) is 9.46. The highest BCUT2D eigenvalue weighted by molar-refractivity contribution is 7.87. The summed E-state index contributed by atoms with van der Waals surface area (Å²) in [7, 11) is -2.79. The van der Waals surface area contributed by atoms with Crippen molar-refractivity contribution < 1.29 is 22.1 Å². The first kappa shape index (κ1) is 24.2. The monoisotopic (exact) mass is 507 g/mol. The highest BCUT2D eigenvalue weighted by Gasteiger charge is 2.64. The molecule has 0 aromatic carbocycles. The number of nitrogens with zero attached hydrogens (tertiary/aromatic N) is 5. The van der Waals surface area contributed by atoms with Crippen LogP contribution in [0.25, 0.3) is 5.82 Å². The molecule has 0 spiro atoms. The summed E-state index contributed by atoms with van der Waals surface area (Å²) < 4.78 is 38.3. The molecule has 0 bridgehead atoms. The number of carbonyl (C=O) groups is 1. The van der Waals surface area contributed by atoms with E-state index in [9.17, 15) is 13.2 Å². The van der Waals surface area contributed by atoms with Gasteiger partial charge in [-0.15, -0.1) is 5.10 Å². The van der Waals surface area contributed by atoms with E-state index in [0.717, 1.165) is 6.20 Å². The molecule has 1 aliphatic carbocycles. The van der Waals surface area contributed by atoms with Crippen LogP contribution in [0.1, 0.15) is 43.7 Å². The zero-order valence-corrected chi connectivity index (χ0v) is 21.3. The molecule has 0 atom stereocenters. The molecule has 0 unspecified atom stereocenters. The molecule has 0 radical (unpaired) electrons. The number of hydrogen-bond donors (Lipinski definition) is 0. The van der Waals surface area contributed by atoms with Crippen molar-refractivity contribution in [2.45, 2.75) is 39.5 Å². The average Bonchev–Trinajstić information content (AvgIpc) is 3.16. The molecule has 0 N–H and O–H groups in total. The number of carbonyl (C=O) groups excluding carboxylic acids is 1. The van der Waals surface area contributed by atoms with Gasteiger partial charge in [-0.05, 0) is 29.9 Å². The fourth-order valence-electron chi connectivity index (χ4n) is 4.05. The number of hydrogen-bond acceptors (Lipinski definition) is 8. The van der Waals surface area contributed by atoms with Crippen molar-refractivity contribution in [1.29, 1.82) is 0 Å². The van der Waals surface area contributed by atoms with Crippen molar-refractivity contribution in [2.75, 3.05) is 6.61 Å². The Labute approximate surface area is 203 Å². The van der Waals surface area contributed by atoms with Gasteiger partial charge in [-0.3, -0.25) is 4.68 Å². The third-order valence-corrected chi connectivity index (χ3v) is 8.81. The largest absolute Gasteiger partial charge is 0.476 e. The Hall–Kier alpha value is -2.92. The Morgan fingerprint density at radius 3 is 2.41 bits per heavy atom. The number of ether oxygens (including phenoxy) is 1. The van der Waals surface area contributed by atoms with Crippen LogP contribution in [-0.2, 0) is 21.3 Å². The van der Waals surface area contributed by atoms with E-state index in [1.807, 2.05) is 0 Å². The third-order valence-electron chi connectivity index (χ3n) is 7.22. The van der Waals surface area contributed by atoms with Gasteiger partial charge >= 0.3 is 16.1 Å². The van der Waals surface area contributed by atoms with Crippen LogP contribution in [-0.4, -0.2) is 45.5 Å². The molecule has 10 nitrogen and oxygen atoms in total. The van der Waals surface area contributed by atoms with E-state index >= 15 is 0 Å². The first-order valence-corrected chi connectivity index (χ1v) is 12.4. The SMILES string of the molecule is Cc1c(S(=O)(=O)OC(=O)c2ccc(-n3ccc(OCC4C(C)(C)C4(C)C)n3)nc2Cl)cnn1C. The molecular weight excluding hydrogens is 482 g/mol. The lowest BCUT2D eigenvalue weighted by Crippen LogP contribution is -2.15. The second kappa shape index (κ2) is 8.09. The maximum Gasteiger partial charge on any atom is 0.357 e. The van der Waals surface area contributed by atoms with E-state index in [2.05, 4.69) is 42.9 Å². The van der Waals surface area contributed by atoms with Gasteiger partial charge in [-0.25, -0.2) is 14.5 Å². The highest BCUT2D eigenvalue weighted by Crippen LogP contribution is 2.68. The van der Waals surface area contributed by atoms with Crippen molar-refractivity contribution in [3.8, 4) is 11.7 Å². The topological polar surface area (TPSA) is 118 Å². The molecule has 0 amide bonds. The summed E-state index contributed by atoms with van der Waals surface area (Å²) in [4.78, 5) is 16.4. The molecule has 3 aromatic heterocycles. The minimum Gasteiger partial charge on any atom is -0.476 e. The van der Waals surface area contributed by atoms with Gasteiger partial charge in [0.05, 0.1) is 24.1 Å². The fourth-order valence-corrected chi connectivity index (χ4v) is 5.32. The third kappa shape index (κ3) is 4.07. The lowest BCUT2D eigenvalue weighted by molar-refractivity contribution is 0.0746. The summed E-state index contributed by atoms with van der Waals surface area (Å²) in [5, 5.41) is 7.99. The van der Waals surface area contributed by atoms with Crippen LogP contribution in [0.3, 0.4) is 0 Å². The number of aromatic nitrogens is 5. The van der Waals surface area contributed by atoms with Crippen LogP contribution in [0.15, 0.2) is 35.5 Å². The van der Waals surface area contributed by atoms with Gasteiger partial charge < -0.3 is 8.92 Å². The molecule has 1 fully saturated rings. The maximum atomic E-state index is 12.5. The van der Waals surface area contributed by atoms with E-state index in [1.165, 1.54) is 21.5 Å². The summed E-state index contributed by atoms with van der Waals surface area (Å²) in [5.74, 6) is 0.0495. The zero-order valence-electron chi connectivity index (χ0n) is 19.7. The molecule has 34 heavy (non-hydrogen) atoms. The fraction of sp³-hybridized carbons (Fsp3) is 0.455. The van der Waals surface area contributed by atoms with Crippen molar-refractivity contribution in [3.05, 3.63) is 47.0 Å². The van der Waals surface area contributed by atoms with E-state index in [-0.39, 0.29) is 26.4 Å². The molecule has 4 rings (SSSR count). The summed E-state index contributed by atoms with van der Waals surface area (Å²) in [6.07, 6.45) is 2.77. The first-order chi connectivity index (χ1) is 15.8. The number of pyridine rings is 1. The van der Waals surface area contributed by atoms with Crippen LogP contribution in [0, 0.1) is 23.7 Å². The van der Waals surface area contributed by atoms with Crippen LogP contribution >= 0.6 is 11.6 Å². The maximum absolute atomic E-state index is 12.5. The molecule has 1 saturated carbocycles. The van der Waals surface area contributed by atoms with Gasteiger partial charge in [-0.2, -0.15) is 13.5 Å². The summed E-state index contributed by atoms with van der Waals surface area (Å²) in [5.41, 5.74) is 0.548. The van der Waals surface area contributed by atoms with Crippen LogP contribution in [0.2, 0.25) is 5.15 Å². The quantitative estimate of drug-likeness (QED) is 0.352. The van der Waals surface area contributed by atoms with Gasteiger partial charge in [0.2, 0.25) is 5.88 Å². The lowest BCUT2D eigenvalue weighted by atomic mass is 10.0. The van der Waals surface area contributed by atoms with Gasteiger partial charge in [0.1, 0.15) is 10.0 Å². The second-order valence-corrected chi connectivity index (χ2v) is 11.3. The number of halogens is 1. The van der Waals surface area contributed by atoms with Crippen molar-refractivity contribution in [1.82, 2.24) is 24.5 Å². The smallest absolute Gasteiger partial charge is 0.357 e. The number of aryl methyl sites for hydroxylation is 1. The minimum absolute atomic E-state index is 0.197. The Kier molecular flexibility index (Phi) is 5.76. The Morgan fingerprint density at radius 2 is 1.85 bits per heavy atom. The van der Waals surface area contributed by atoms with Crippen molar-refractivity contribution >= 4 is 27.7 Å². The van der Waals surface area contributed by atoms with Gasteiger partial charge in [-0.1, -0.05) is 39.3 Å². The standard InChI is InChI=1S/C22H26ClN5O5S/c1-13-15(11-24-27(13)6)34(30,31)33-20(29)14-7-8-17(25-19(14)23)28-10-9-18(26-28)32-12-16-21(2,3)22(16,4)5/h7-11,16H,12H2,1-6H3. The van der Waals surface area contributed by atoms with Crippen LogP contribution in [0.4, 0.5) is 0 Å². The number of rotatable bonds is 7. The lowest BCUT2D eigenvalue weighted by Gasteiger charge is -2.08. The summed E-state index contributed by atoms with van der Waals surface area (Å²) >= 11 is 6.17. The van der Waals surface area contributed by atoms with E-state index in [4.69, 9.17) is 20.5 Å². The summed E-state index contributed by atoms with van der Waals surface area (Å²) in [6, 6.07) is 4.52. The summed E-state index contributed by atoms with van der Waals surface area (Å²) in [6.45, 7) is 11.0. The molecule has 12 heteroatoms. The molecule has 3 aromatic rings. The van der Waals surface area contributed by atoms with Crippen LogP contribution < -0.4 is 4.74 Å². The van der Waals surface area contributed by atoms with Gasteiger partial charge in [0, 0.05) is 25.2 Å². The molecule has 0 aliphatic heterocycles. The normalized spacial score (nSPS) is 16.9. The Balaban J connectivity index is 1.45. The molecular formula is C22H26ClN5O5S. The van der Waals surface area contributed by atoms with Crippen LogP contribution in [0.5, 0.6) is 5.88 Å². The van der Waals surface area contributed by atoms with Gasteiger partial charge in [0.25, 0.3) is 0 Å². The average molecular weight is 508 g/mol. The molecule has 182 valence electrons. The highest BCUT2D eigenvalue weighted by atomic mass is 35.5. The Morgan fingerprint density at radius 1 is 1.18 bits per heavy atom. The van der Waals surface area contributed by atoms with Crippen molar-refractivity contribution in [2.24, 2.45) is 23.8 Å². The first-order valence-electron chi connectivity index (χ1n) is 10.6. The molecule has 3 heterocycles. The van der Waals surface area contributed by atoms with Crippen molar-refractivity contribution in [3.63, 3.8) is 0 Å². The predicted octanol–water partition coefficient (Wildman–Crippen LogP) is 3.57. The zero-order chi connectivity index (χ0) is 25.1. The molecule has 1 aliphatic rings.